The van der Waals surface area contributed by atoms with Gasteiger partial charge in [-0.05, 0) is 72.8 Å². The Morgan fingerprint density at radius 2 is 1.09 bits per heavy atom. The fraction of sp³-hybridized carbons (Fsp3) is 0.0323. The van der Waals surface area contributed by atoms with E-state index in [1.807, 2.05) is 6.07 Å². The van der Waals surface area contributed by atoms with E-state index in [1.54, 1.807) is 0 Å². The SMILES string of the molecule is Nc1cccc2c(-c3cccc4c3c3c(c5ccccc54)-c4ccccc4C3)cccc12. The molecule has 150 valence electrons. The first-order chi connectivity index (χ1) is 15.8. The van der Waals surface area contributed by atoms with E-state index in [-0.39, 0.29) is 0 Å². The van der Waals surface area contributed by atoms with E-state index in [0.717, 1.165) is 17.5 Å². The Hall–Kier alpha value is -4.10. The Morgan fingerprint density at radius 3 is 2.00 bits per heavy atom. The molecule has 6 aromatic carbocycles. The summed E-state index contributed by atoms with van der Waals surface area (Å²) < 4.78 is 0. The van der Waals surface area contributed by atoms with Crippen molar-refractivity contribution in [3.05, 3.63) is 114 Å². The topological polar surface area (TPSA) is 26.0 Å². The predicted molar refractivity (Wildman–Crippen MR) is 137 cm³/mol. The van der Waals surface area contributed by atoms with Crippen molar-refractivity contribution in [1.29, 1.82) is 0 Å². The van der Waals surface area contributed by atoms with Gasteiger partial charge in [-0.2, -0.15) is 0 Å². The van der Waals surface area contributed by atoms with Crippen LogP contribution in [0.3, 0.4) is 0 Å². The van der Waals surface area contributed by atoms with E-state index in [0.29, 0.717) is 0 Å². The van der Waals surface area contributed by atoms with Gasteiger partial charge in [-0.3, -0.25) is 0 Å². The number of hydrogen-bond donors (Lipinski definition) is 1. The maximum absolute atomic E-state index is 6.34. The van der Waals surface area contributed by atoms with Gasteiger partial charge in [0.1, 0.15) is 0 Å². The van der Waals surface area contributed by atoms with Crippen molar-refractivity contribution in [2.45, 2.75) is 6.42 Å². The van der Waals surface area contributed by atoms with Crippen molar-refractivity contribution >= 4 is 38.0 Å². The van der Waals surface area contributed by atoms with Gasteiger partial charge in [-0.15, -0.1) is 0 Å². The summed E-state index contributed by atoms with van der Waals surface area (Å²) in [6.07, 6.45) is 0.969. The quantitative estimate of drug-likeness (QED) is 0.217. The summed E-state index contributed by atoms with van der Waals surface area (Å²) in [4.78, 5) is 0. The zero-order valence-electron chi connectivity index (χ0n) is 17.6. The Morgan fingerprint density at radius 1 is 0.469 bits per heavy atom. The van der Waals surface area contributed by atoms with Crippen LogP contribution in [-0.4, -0.2) is 0 Å². The lowest BCUT2D eigenvalue weighted by Gasteiger charge is -2.17. The molecule has 1 aliphatic carbocycles. The number of nitrogens with two attached hydrogens (primary N) is 1. The minimum Gasteiger partial charge on any atom is -0.398 e. The van der Waals surface area contributed by atoms with Crippen molar-refractivity contribution < 1.29 is 0 Å². The van der Waals surface area contributed by atoms with Crippen LogP contribution in [0.1, 0.15) is 11.1 Å². The minimum atomic E-state index is 0.827. The molecular weight excluding hydrogens is 386 g/mol. The van der Waals surface area contributed by atoms with Gasteiger partial charge in [0.2, 0.25) is 0 Å². The van der Waals surface area contributed by atoms with Crippen LogP contribution in [0, 0.1) is 0 Å². The highest BCUT2D eigenvalue weighted by atomic mass is 14.5. The van der Waals surface area contributed by atoms with E-state index in [4.69, 9.17) is 5.73 Å². The molecule has 0 spiro atoms. The minimum absolute atomic E-state index is 0.827. The zero-order chi connectivity index (χ0) is 21.2. The summed E-state index contributed by atoms with van der Waals surface area (Å²) in [7, 11) is 0. The van der Waals surface area contributed by atoms with Crippen LogP contribution in [0.15, 0.2) is 103 Å². The summed E-state index contributed by atoms with van der Waals surface area (Å²) in [6.45, 7) is 0. The molecule has 0 aromatic heterocycles. The van der Waals surface area contributed by atoms with Crippen LogP contribution in [0.4, 0.5) is 5.69 Å². The fourth-order valence-electron chi connectivity index (χ4n) is 5.71. The molecule has 32 heavy (non-hydrogen) atoms. The molecule has 0 atom stereocenters. The molecule has 0 aliphatic heterocycles. The average molecular weight is 408 g/mol. The van der Waals surface area contributed by atoms with E-state index in [9.17, 15) is 0 Å². The van der Waals surface area contributed by atoms with Crippen LogP contribution in [0.5, 0.6) is 0 Å². The number of fused-ring (bicyclic) bond motifs is 9. The van der Waals surface area contributed by atoms with Crippen LogP contribution < -0.4 is 5.73 Å². The van der Waals surface area contributed by atoms with Gasteiger partial charge in [0.05, 0.1) is 0 Å². The number of benzene rings is 6. The molecule has 6 aromatic rings. The number of rotatable bonds is 1. The van der Waals surface area contributed by atoms with E-state index in [2.05, 4.69) is 97.1 Å². The smallest absolute Gasteiger partial charge is 0.0393 e. The molecule has 0 saturated heterocycles. The standard InChI is InChI=1S/C31H21N/c32-29-17-7-13-21-22(12-5-14-24(21)29)26-15-6-16-27-23-10-3-4-11-25(23)30-20-9-2-1-8-19(20)18-28(30)31(26)27/h1-17H,18,32H2. The van der Waals surface area contributed by atoms with Gasteiger partial charge in [0.25, 0.3) is 0 Å². The fourth-order valence-corrected chi connectivity index (χ4v) is 5.71. The van der Waals surface area contributed by atoms with Crippen molar-refractivity contribution in [2.24, 2.45) is 0 Å². The summed E-state index contributed by atoms with van der Waals surface area (Å²) >= 11 is 0. The number of anilines is 1. The van der Waals surface area contributed by atoms with Crippen LogP contribution >= 0.6 is 0 Å². The van der Waals surface area contributed by atoms with Gasteiger partial charge in [0, 0.05) is 11.1 Å². The molecule has 1 heteroatoms. The van der Waals surface area contributed by atoms with Gasteiger partial charge in [0.15, 0.2) is 0 Å². The monoisotopic (exact) mass is 407 g/mol. The first-order valence-corrected chi connectivity index (χ1v) is 11.1. The second-order valence-electron chi connectivity index (χ2n) is 8.71. The van der Waals surface area contributed by atoms with E-state index in [1.165, 1.54) is 60.3 Å². The summed E-state index contributed by atoms with van der Waals surface area (Å²) in [6, 6.07) is 37.2. The van der Waals surface area contributed by atoms with Crippen LogP contribution in [0.25, 0.3) is 54.6 Å². The molecule has 1 aliphatic rings. The molecule has 0 bridgehead atoms. The molecular formula is C31H21N. The zero-order valence-corrected chi connectivity index (χ0v) is 17.6. The molecule has 0 fully saturated rings. The maximum Gasteiger partial charge on any atom is 0.0393 e. The molecule has 0 unspecified atom stereocenters. The third-order valence-electron chi connectivity index (χ3n) is 7.05. The van der Waals surface area contributed by atoms with E-state index >= 15 is 0 Å². The number of hydrogen-bond acceptors (Lipinski definition) is 1. The van der Waals surface area contributed by atoms with Crippen molar-refractivity contribution in [2.75, 3.05) is 5.73 Å². The molecule has 0 radical (unpaired) electrons. The van der Waals surface area contributed by atoms with Gasteiger partial charge in [-0.1, -0.05) is 97.1 Å². The number of nitrogen functional groups attached to an aromatic ring is 1. The summed E-state index contributed by atoms with van der Waals surface area (Å²) in [5, 5.41) is 7.68. The third kappa shape index (κ3) is 2.28. The summed E-state index contributed by atoms with van der Waals surface area (Å²) in [5.41, 5.74) is 15.3. The largest absolute Gasteiger partial charge is 0.398 e. The van der Waals surface area contributed by atoms with Gasteiger partial charge < -0.3 is 5.73 Å². The van der Waals surface area contributed by atoms with Crippen LogP contribution in [-0.2, 0) is 6.42 Å². The maximum atomic E-state index is 6.34. The third-order valence-corrected chi connectivity index (χ3v) is 7.05. The summed E-state index contributed by atoms with van der Waals surface area (Å²) in [5.74, 6) is 0. The normalized spacial score (nSPS) is 12.4. The Bertz CT molecular complexity index is 1710. The van der Waals surface area contributed by atoms with Crippen molar-refractivity contribution in [3.63, 3.8) is 0 Å². The second kappa shape index (κ2) is 6.45. The Kier molecular flexibility index (Phi) is 3.54. The van der Waals surface area contributed by atoms with Gasteiger partial charge in [-0.25, -0.2) is 0 Å². The lowest BCUT2D eigenvalue weighted by Crippen LogP contribution is -1.93. The van der Waals surface area contributed by atoms with Crippen molar-refractivity contribution in [1.82, 2.24) is 0 Å². The highest BCUT2D eigenvalue weighted by molar-refractivity contribution is 6.21. The lowest BCUT2D eigenvalue weighted by atomic mass is 9.86. The Labute approximate surface area is 186 Å². The predicted octanol–water partition coefficient (Wildman–Crippen LogP) is 7.97. The Balaban J connectivity index is 1.69. The molecule has 0 saturated carbocycles. The van der Waals surface area contributed by atoms with Crippen LogP contribution in [0.2, 0.25) is 0 Å². The molecule has 7 rings (SSSR count). The highest BCUT2D eigenvalue weighted by Crippen LogP contribution is 2.48. The second-order valence-corrected chi connectivity index (χ2v) is 8.71. The van der Waals surface area contributed by atoms with E-state index < -0.39 is 0 Å². The lowest BCUT2D eigenvalue weighted by molar-refractivity contribution is 1.29. The van der Waals surface area contributed by atoms with Crippen molar-refractivity contribution in [3.8, 4) is 22.3 Å². The molecule has 2 N–H and O–H groups in total. The molecule has 0 amide bonds. The molecule has 1 nitrogen and oxygen atoms in total. The molecule has 0 heterocycles. The first-order valence-electron chi connectivity index (χ1n) is 11.1. The average Bonchev–Trinajstić information content (AvgIpc) is 3.24. The van der Waals surface area contributed by atoms with Gasteiger partial charge >= 0.3 is 0 Å². The highest BCUT2D eigenvalue weighted by Gasteiger charge is 2.25. The first kappa shape index (κ1) is 17.6.